The van der Waals surface area contributed by atoms with Crippen LogP contribution in [0.15, 0.2) is 35.5 Å². The first kappa shape index (κ1) is 18.1. The Balaban J connectivity index is 1.66. The van der Waals surface area contributed by atoms with Gasteiger partial charge in [-0.25, -0.2) is 8.42 Å². The van der Waals surface area contributed by atoms with E-state index in [9.17, 15) is 8.42 Å². The van der Waals surface area contributed by atoms with Crippen molar-refractivity contribution in [2.45, 2.75) is 32.2 Å². The molecule has 2 aromatic rings. The van der Waals surface area contributed by atoms with Gasteiger partial charge in [-0.3, -0.25) is 9.58 Å². The van der Waals surface area contributed by atoms with E-state index >= 15 is 0 Å². The van der Waals surface area contributed by atoms with E-state index in [0.29, 0.717) is 18.0 Å². The minimum absolute atomic E-state index is 0.475. The fourth-order valence-corrected chi connectivity index (χ4v) is 5.41. The molecule has 0 N–H and O–H groups in total. The third-order valence-electron chi connectivity index (χ3n) is 4.74. The zero-order valence-electron chi connectivity index (χ0n) is 15.1. The van der Waals surface area contributed by atoms with Gasteiger partial charge in [-0.15, -0.1) is 0 Å². The maximum absolute atomic E-state index is 13.1. The minimum Gasteiger partial charge on any atom is -0.299 e. The number of rotatable bonds is 5. The van der Waals surface area contributed by atoms with Crippen LogP contribution in [0.1, 0.15) is 16.7 Å². The fourth-order valence-electron chi connectivity index (χ4n) is 3.57. The smallest absolute Gasteiger partial charge is 0.243 e. The van der Waals surface area contributed by atoms with Crippen LogP contribution in [-0.4, -0.2) is 60.1 Å². The van der Waals surface area contributed by atoms with Crippen molar-refractivity contribution in [2.75, 3.05) is 32.7 Å². The summed E-state index contributed by atoms with van der Waals surface area (Å²) in [6.45, 7) is 10.1. The summed E-state index contributed by atoms with van der Waals surface area (Å²) in [5, 5.41) is 4.20. The molecule has 0 bridgehead atoms. The molecule has 0 amide bonds. The Hall–Kier alpha value is -1.70. The van der Waals surface area contributed by atoms with Crippen molar-refractivity contribution in [3.8, 4) is 0 Å². The van der Waals surface area contributed by atoms with Crippen molar-refractivity contribution in [3.05, 3.63) is 47.3 Å². The van der Waals surface area contributed by atoms with Crippen LogP contribution in [0.25, 0.3) is 0 Å². The molecule has 1 aromatic heterocycles. The molecule has 3 rings (SSSR count). The van der Waals surface area contributed by atoms with Gasteiger partial charge in [0.05, 0.1) is 11.4 Å². The van der Waals surface area contributed by atoms with Crippen LogP contribution in [0, 0.1) is 20.8 Å². The molecule has 2 heterocycles. The van der Waals surface area contributed by atoms with Crippen molar-refractivity contribution in [3.63, 3.8) is 0 Å². The second kappa shape index (κ2) is 7.27. The number of aromatic nitrogens is 2. The van der Waals surface area contributed by atoms with E-state index in [1.54, 1.807) is 10.5 Å². The van der Waals surface area contributed by atoms with Gasteiger partial charge in [0.1, 0.15) is 0 Å². The molecule has 1 saturated heterocycles. The van der Waals surface area contributed by atoms with Gasteiger partial charge in [0.15, 0.2) is 0 Å². The largest absolute Gasteiger partial charge is 0.299 e. The van der Waals surface area contributed by atoms with Crippen LogP contribution in [-0.2, 0) is 16.6 Å². The predicted molar refractivity (Wildman–Crippen MR) is 98.1 cm³/mol. The Kier molecular flexibility index (Phi) is 5.27. The molecule has 1 aromatic carbocycles. The summed E-state index contributed by atoms with van der Waals surface area (Å²) < 4.78 is 29.7. The monoisotopic (exact) mass is 362 g/mol. The lowest BCUT2D eigenvalue weighted by Gasteiger charge is -2.34. The molecule has 1 aliphatic rings. The van der Waals surface area contributed by atoms with Gasteiger partial charge in [-0.1, -0.05) is 17.7 Å². The molecule has 1 aliphatic heterocycles. The average Bonchev–Trinajstić information content (AvgIpc) is 3.05. The van der Waals surface area contributed by atoms with Crippen molar-refractivity contribution in [2.24, 2.45) is 0 Å². The quantitative estimate of drug-likeness (QED) is 0.814. The Morgan fingerprint density at radius 2 is 1.64 bits per heavy atom. The van der Waals surface area contributed by atoms with Gasteiger partial charge in [0.2, 0.25) is 10.0 Å². The molecule has 25 heavy (non-hydrogen) atoms. The summed E-state index contributed by atoms with van der Waals surface area (Å²) in [4.78, 5) is 2.77. The summed E-state index contributed by atoms with van der Waals surface area (Å²) >= 11 is 0. The first-order chi connectivity index (χ1) is 11.9. The van der Waals surface area contributed by atoms with Crippen LogP contribution in [0.3, 0.4) is 0 Å². The van der Waals surface area contributed by atoms with Crippen molar-refractivity contribution >= 4 is 10.0 Å². The van der Waals surface area contributed by atoms with E-state index in [4.69, 9.17) is 0 Å². The summed E-state index contributed by atoms with van der Waals surface area (Å²) in [7, 11) is -3.43. The molecular formula is C18H26N4O2S. The van der Waals surface area contributed by atoms with Crippen LogP contribution in [0.4, 0.5) is 0 Å². The van der Waals surface area contributed by atoms with Crippen LogP contribution in [0.2, 0.25) is 0 Å². The Labute approximate surface area is 150 Å². The van der Waals surface area contributed by atoms with Gasteiger partial charge < -0.3 is 0 Å². The highest BCUT2D eigenvalue weighted by molar-refractivity contribution is 7.89. The molecule has 0 aliphatic carbocycles. The predicted octanol–water partition coefficient (Wildman–Crippen LogP) is 1.81. The maximum Gasteiger partial charge on any atom is 0.243 e. The minimum atomic E-state index is -3.43. The molecule has 0 radical (unpaired) electrons. The molecule has 6 nitrogen and oxygen atoms in total. The van der Waals surface area contributed by atoms with Crippen LogP contribution in [0.5, 0.6) is 0 Å². The standard InChI is InChI=1S/C18H26N4O2S/c1-15-13-16(2)18(17(3)14-15)25(23,24)22-11-8-20(9-12-22)7-10-21-6-4-5-19-21/h4-6,13-14H,7-12H2,1-3H3. The topological polar surface area (TPSA) is 58.4 Å². The van der Waals surface area contributed by atoms with Gasteiger partial charge in [0, 0.05) is 45.1 Å². The van der Waals surface area contributed by atoms with Crippen LogP contribution < -0.4 is 0 Å². The lowest BCUT2D eigenvalue weighted by atomic mass is 10.1. The second-order valence-corrected chi connectivity index (χ2v) is 8.62. The van der Waals surface area contributed by atoms with Gasteiger partial charge >= 0.3 is 0 Å². The van der Waals surface area contributed by atoms with E-state index in [0.717, 1.165) is 42.9 Å². The van der Waals surface area contributed by atoms with E-state index in [-0.39, 0.29) is 0 Å². The number of piperazine rings is 1. The zero-order valence-corrected chi connectivity index (χ0v) is 16.0. The highest BCUT2D eigenvalue weighted by Gasteiger charge is 2.30. The Bertz CT molecular complexity index is 800. The SMILES string of the molecule is Cc1cc(C)c(S(=O)(=O)N2CCN(CCn3cccn3)CC2)c(C)c1. The van der Waals surface area contributed by atoms with Crippen molar-refractivity contribution in [1.82, 2.24) is 19.0 Å². The van der Waals surface area contributed by atoms with Gasteiger partial charge in [0.25, 0.3) is 0 Å². The third-order valence-corrected chi connectivity index (χ3v) is 6.94. The normalized spacial score (nSPS) is 17.1. The lowest BCUT2D eigenvalue weighted by Crippen LogP contribution is -2.49. The zero-order chi connectivity index (χ0) is 18.0. The molecule has 0 unspecified atom stereocenters. The van der Waals surface area contributed by atoms with Crippen molar-refractivity contribution in [1.29, 1.82) is 0 Å². The number of nitrogens with zero attached hydrogens (tertiary/aromatic N) is 4. The summed E-state index contributed by atoms with van der Waals surface area (Å²) in [5.41, 5.74) is 2.76. The number of aryl methyl sites for hydroxylation is 3. The average molecular weight is 362 g/mol. The molecule has 1 fully saturated rings. The number of sulfonamides is 1. The summed E-state index contributed by atoms with van der Waals surface area (Å²) in [5.74, 6) is 0. The number of benzene rings is 1. The Morgan fingerprint density at radius 1 is 1.00 bits per heavy atom. The number of hydrogen-bond donors (Lipinski definition) is 0. The van der Waals surface area contributed by atoms with E-state index in [1.165, 1.54) is 0 Å². The second-order valence-electron chi connectivity index (χ2n) is 6.74. The van der Waals surface area contributed by atoms with Gasteiger partial charge in [-0.05, 0) is 38.0 Å². The Morgan fingerprint density at radius 3 is 2.20 bits per heavy atom. The molecular weight excluding hydrogens is 336 g/mol. The molecule has 0 spiro atoms. The van der Waals surface area contributed by atoms with E-state index in [1.807, 2.05) is 49.8 Å². The highest BCUT2D eigenvalue weighted by Crippen LogP contribution is 2.26. The molecule has 136 valence electrons. The first-order valence-corrected chi connectivity index (χ1v) is 10.1. The van der Waals surface area contributed by atoms with E-state index in [2.05, 4.69) is 10.00 Å². The highest BCUT2D eigenvalue weighted by atomic mass is 32.2. The fraction of sp³-hybridized carbons (Fsp3) is 0.500. The molecule has 7 heteroatoms. The van der Waals surface area contributed by atoms with Crippen LogP contribution >= 0.6 is 0 Å². The number of hydrogen-bond acceptors (Lipinski definition) is 4. The summed E-state index contributed by atoms with van der Waals surface area (Å²) in [6.07, 6.45) is 3.72. The maximum atomic E-state index is 13.1. The third kappa shape index (κ3) is 3.94. The summed E-state index contributed by atoms with van der Waals surface area (Å²) in [6, 6.07) is 5.80. The van der Waals surface area contributed by atoms with Crippen molar-refractivity contribution < 1.29 is 8.42 Å². The first-order valence-electron chi connectivity index (χ1n) is 8.66. The van der Waals surface area contributed by atoms with Gasteiger partial charge in [-0.2, -0.15) is 9.40 Å². The molecule has 0 saturated carbocycles. The lowest BCUT2D eigenvalue weighted by molar-refractivity contribution is 0.181. The van der Waals surface area contributed by atoms with E-state index < -0.39 is 10.0 Å². The molecule has 0 atom stereocenters.